The third kappa shape index (κ3) is 3.49. The van der Waals surface area contributed by atoms with Crippen molar-refractivity contribution in [1.29, 1.82) is 0 Å². The van der Waals surface area contributed by atoms with E-state index in [-0.39, 0.29) is 11.8 Å². The Morgan fingerprint density at radius 2 is 2.17 bits per heavy atom. The highest BCUT2D eigenvalue weighted by Gasteiger charge is 2.28. The molecule has 5 rings (SSSR count). The first-order valence-electron chi connectivity index (χ1n) is 10.5. The highest BCUT2D eigenvalue weighted by molar-refractivity contribution is 7.10. The molecule has 0 aromatic carbocycles. The number of nitrogens with zero attached hydrogens (tertiary/aromatic N) is 4. The number of aryl methyl sites for hydroxylation is 2. The lowest BCUT2D eigenvalue weighted by atomic mass is 10.1. The Kier molecular flexibility index (Phi) is 4.81. The number of pyridine rings is 1. The van der Waals surface area contributed by atoms with E-state index in [9.17, 15) is 9.59 Å². The highest BCUT2D eigenvalue weighted by Crippen LogP contribution is 2.40. The molecule has 8 heteroatoms. The van der Waals surface area contributed by atoms with Gasteiger partial charge in [-0.05, 0) is 49.3 Å². The van der Waals surface area contributed by atoms with Crippen LogP contribution in [0.5, 0.6) is 0 Å². The van der Waals surface area contributed by atoms with Crippen molar-refractivity contribution in [1.82, 2.24) is 25.0 Å². The van der Waals surface area contributed by atoms with Crippen LogP contribution in [0.15, 0.2) is 17.5 Å². The average molecular weight is 424 g/mol. The zero-order chi connectivity index (χ0) is 20.8. The number of carbonyl (C=O) groups excluding carboxylic acids is 2. The summed E-state index contributed by atoms with van der Waals surface area (Å²) in [6, 6.07) is 4.01. The third-order valence-corrected chi connectivity index (χ3v) is 7.04. The summed E-state index contributed by atoms with van der Waals surface area (Å²) in [5.74, 6) is 0.369. The Hall–Kier alpha value is -2.74. The monoisotopic (exact) mass is 423 g/mol. The van der Waals surface area contributed by atoms with Crippen molar-refractivity contribution in [3.05, 3.63) is 44.9 Å². The Morgan fingerprint density at radius 1 is 1.33 bits per heavy atom. The lowest BCUT2D eigenvalue weighted by Crippen LogP contribution is -2.37. The summed E-state index contributed by atoms with van der Waals surface area (Å²) in [5, 5.41) is 10.3. The fraction of sp³-hybridized carbons (Fsp3) is 0.455. The fourth-order valence-electron chi connectivity index (χ4n) is 4.23. The van der Waals surface area contributed by atoms with Gasteiger partial charge in [-0.15, -0.1) is 11.3 Å². The molecule has 1 aliphatic heterocycles. The molecule has 1 saturated carbocycles. The molecule has 156 valence electrons. The number of rotatable bonds is 5. The predicted octanol–water partition coefficient (Wildman–Crippen LogP) is 2.92. The Labute approximate surface area is 179 Å². The van der Waals surface area contributed by atoms with E-state index in [4.69, 9.17) is 4.98 Å². The molecular formula is C22H25N5O2S. The van der Waals surface area contributed by atoms with Crippen LogP contribution in [-0.4, -0.2) is 44.6 Å². The first-order chi connectivity index (χ1) is 14.5. The lowest BCUT2D eigenvalue weighted by molar-refractivity contribution is -0.131. The maximum Gasteiger partial charge on any atom is 0.252 e. The first-order valence-corrected chi connectivity index (χ1v) is 11.3. The maximum absolute atomic E-state index is 13.0. The summed E-state index contributed by atoms with van der Waals surface area (Å²) in [5.41, 5.74) is 4.37. The van der Waals surface area contributed by atoms with Gasteiger partial charge in [-0.25, -0.2) is 4.98 Å². The van der Waals surface area contributed by atoms with Gasteiger partial charge in [0.1, 0.15) is 0 Å². The normalized spacial score (nSPS) is 16.0. The molecule has 3 aromatic heterocycles. The molecule has 0 unspecified atom stereocenters. The van der Waals surface area contributed by atoms with Gasteiger partial charge in [0.2, 0.25) is 5.91 Å². The van der Waals surface area contributed by atoms with Crippen LogP contribution in [0.3, 0.4) is 0 Å². The highest BCUT2D eigenvalue weighted by atomic mass is 32.1. The largest absolute Gasteiger partial charge is 0.351 e. The number of amides is 2. The standard InChI is InChI=1S/C22H25N5O2S/c1-13-20-16(11-17(14-3-4-14)24-21(20)26(2)25-13)22(29)23-8-5-19(28)27-9-6-18-15(12-27)7-10-30-18/h7,10-11,14H,3-6,8-9,12H2,1-2H3,(H,23,29). The van der Waals surface area contributed by atoms with Gasteiger partial charge in [0.25, 0.3) is 5.91 Å². The molecule has 7 nitrogen and oxygen atoms in total. The molecule has 2 amide bonds. The van der Waals surface area contributed by atoms with Crippen LogP contribution in [0.25, 0.3) is 11.0 Å². The molecular weight excluding hydrogens is 398 g/mol. The fourth-order valence-corrected chi connectivity index (χ4v) is 5.12. The number of carbonyl (C=O) groups is 2. The van der Waals surface area contributed by atoms with E-state index < -0.39 is 0 Å². The van der Waals surface area contributed by atoms with E-state index in [0.717, 1.165) is 48.2 Å². The summed E-state index contributed by atoms with van der Waals surface area (Å²) in [7, 11) is 1.86. The summed E-state index contributed by atoms with van der Waals surface area (Å²) < 4.78 is 1.74. The molecule has 1 N–H and O–H groups in total. The number of hydrogen-bond donors (Lipinski definition) is 1. The van der Waals surface area contributed by atoms with Crippen molar-refractivity contribution in [2.45, 2.75) is 45.1 Å². The summed E-state index contributed by atoms with van der Waals surface area (Å²) in [4.78, 5) is 33.6. The minimum atomic E-state index is -0.160. The van der Waals surface area contributed by atoms with Crippen LogP contribution < -0.4 is 5.32 Å². The van der Waals surface area contributed by atoms with Crippen molar-refractivity contribution in [2.75, 3.05) is 13.1 Å². The van der Waals surface area contributed by atoms with E-state index in [1.165, 1.54) is 10.4 Å². The number of fused-ring (bicyclic) bond motifs is 2. The summed E-state index contributed by atoms with van der Waals surface area (Å²) in [6.07, 6.45) is 3.46. The Morgan fingerprint density at radius 3 is 2.97 bits per heavy atom. The zero-order valence-electron chi connectivity index (χ0n) is 17.3. The van der Waals surface area contributed by atoms with Gasteiger partial charge in [-0.1, -0.05) is 0 Å². The topological polar surface area (TPSA) is 80.1 Å². The minimum absolute atomic E-state index is 0.0863. The van der Waals surface area contributed by atoms with Crippen LogP contribution in [0.2, 0.25) is 0 Å². The van der Waals surface area contributed by atoms with Crippen LogP contribution in [0.1, 0.15) is 57.4 Å². The second-order valence-electron chi connectivity index (χ2n) is 8.22. The van der Waals surface area contributed by atoms with Crippen LogP contribution in [-0.2, 0) is 24.8 Å². The molecule has 0 atom stereocenters. The van der Waals surface area contributed by atoms with Gasteiger partial charge in [-0.2, -0.15) is 5.10 Å². The number of nitrogens with one attached hydrogen (secondary N) is 1. The molecule has 4 heterocycles. The molecule has 0 radical (unpaired) electrons. The average Bonchev–Trinajstić information content (AvgIpc) is 3.42. The molecule has 0 bridgehead atoms. The van der Waals surface area contributed by atoms with Gasteiger partial charge in [0.05, 0.1) is 16.6 Å². The molecule has 1 fully saturated rings. The third-order valence-electron chi connectivity index (χ3n) is 6.01. The number of thiophene rings is 1. The Balaban J connectivity index is 1.27. The van der Waals surface area contributed by atoms with Crippen molar-refractivity contribution in [3.63, 3.8) is 0 Å². The number of hydrogen-bond acceptors (Lipinski definition) is 5. The van der Waals surface area contributed by atoms with Gasteiger partial charge < -0.3 is 10.2 Å². The second kappa shape index (κ2) is 7.50. The molecule has 0 saturated heterocycles. The van der Waals surface area contributed by atoms with Crippen LogP contribution in [0.4, 0.5) is 0 Å². The first kappa shape index (κ1) is 19.2. The van der Waals surface area contributed by atoms with E-state index in [1.807, 2.05) is 24.9 Å². The molecule has 30 heavy (non-hydrogen) atoms. The smallest absolute Gasteiger partial charge is 0.252 e. The molecule has 0 spiro atoms. The van der Waals surface area contributed by atoms with Crippen molar-refractivity contribution >= 4 is 34.2 Å². The van der Waals surface area contributed by atoms with Crippen molar-refractivity contribution in [2.24, 2.45) is 7.05 Å². The quantitative estimate of drug-likeness (QED) is 0.684. The lowest BCUT2D eigenvalue weighted by Gasteiger charge is -2.27. The predicted molar refractivity (Wildman–Crippen MR) is 116 cm³/mol. The molecule has 2 aliphatic rings. The van der Waals surface area contributed by atoms with Crippen LogP contribution in [0, 0.1) is 6.92 Å². The summed E-state index contributed by atoms with van der Waals surface area (Å²) >= 11 is 1.76. The number of aromatic nitrogens is 3. The van der Waals surface area contributed by atoms with Crippen molar-refractivity contribution in [3.8, 4) is 0 Å². The van der Waals surface area contributed by atoms with E-state index in [1.54, 1.807) is 16.0 Å². The minimum Gasteiger partial charge on any atom is -0.351 e. The zero-order valence-corrected chi connectivity index (χ0v) is 18.1. The van der Waals surface area contributed by atoms with Crippen LogP contribution >= 0.6 is 11.3 Å². The summed E-state index contributed by atoms with van der Waals surface area (Å²) in [6.45, 7) is 3.66. The second-order valence-corrected chi connectivity index (χ2v) is 9.22. The van der Waals surface area contributed by atoms with E-state index in [2.05, 4.69) is 21.9 Å². The van der Waals surface area contributed by atoms with Gasteiger partial charge >= 0.3 is 0 Å². The van der Waals surface area contributed by atoms with Gasteiger partial charge in [0.15, 0.2) is 5.65 Å². The van der Waals surface area contributed by atoms with Crippen molar-refractivity contribution < 1.29 is 9.59 Å². The van der Waals surface area contributed by atoms with E-state index >= 15 is 0 Å². The Bertz CT molecular complexity index is 1140. The van der Waals surface area contributed by atoms with Gasteiger partial charge in [0, 0.05) is 49.6 Å². The maximum atomic E-state index is 13.0. The van der Waals surface area contributed by atoms with Gasteiger partial charge in [-0.3, -0.25) is 14.3 Å². The molecule has 3 aromatic rings. The van der Waals surface area contributed by atoms with E-state index in [0.29, 0.717) is 31.0 Å². The molecule has 1 aliphatic carbocycles. The SMILES string of the molecule is Cc1nn(C)c2nc(C3CC3)cc(C(=O)NCCC(=O)N3CCc4sccc4C3)c12.